The molecule has 154 valence electrons. The Bertz CT molecular complexity index is 1110. The average molecular weight is 410 g/mol. The summed E-state index contributed by atoms with van der Waals surface area (Å²) in [6.07, 6.45) is -0.732. The van der Waals surface area contributed by atoms with Gasteiger partial charge in [-0.2, -0.15) is 0 Å². The van der Waals surface area contributed by atoms with E-state index in [1.54, 1.807) is 12.1 Å². The largest absolute Gasteiger partial charge is 0.478 e. The summed E-state index contributed by atoms with van der Waals surface area (Å²) in [6, 6.07) is 34.3. The summed E-state index contributed by atoms with van der Waals surface area (Å²) in [7, 11) is 0. The molecule has 0 spiro atoms. The first kappa shape index (κ1) is 20.2. The Morgan fingerprint density at radius 1 is 0.645 bits per heavy atom. The Morgan fingerprint density at radius 2 is 1.16 bits per heavy atom. The second kappa shape index (κ2) is 9.63. The minimum absolute atomic E-state index is 0.251. The van der Waals surface area contributed by atoms with Crippen LogP contribution in [0.1, 0.15) is 5.56 Å². The fourth-order valence-corrected chi connectivity index (χ4v) is 3.23. The van der Waals surface area contributed by atoms with E-state index in [9.17, 15) is 9.90 Å². The Balaban J connectivity index is 1.40. The van der Waals surface area contributed by atoms with Crippen LogP contribution >= 0.6 is 0 Å². The minimum atomic E-state index is -1.00. The Hall–Kier alpha value is -4.05. The molecule has 0 aromatic heterocycles. The summed E-state index contributed by atoms with van der Waals surface area (Å²) in [4.78, 5) is 11.8. The number of carboxylic acids is 1. The number of carbonyl (C=O) groups is 1. The van der Waals surface area contributed by atoms with Crippen LogP contribution in [0.2, 0.25) is 0 Å². The van der Waals surface area contributed by atoms with E-state index < -0.39 is 12.1 Å². The molecule has 0 amide bonds. The van der Waals surface area contributed by atoms with Gasteiger partial charge in [-0.1, -0.05) is 72.8 Å². The van der Waals surface area contributed by atoms with Crippen molar-refractivity contribution in [3.63, 3.8) is 0 Å². The van der Waals surface area contributed by atoms with E-state index >= 15 is 0 Å². The lowest BCUT2D eigenvalue weighted by atomic mass is 10.1. The van der Waals surface area contributed by atoms with Crippen LogP contribution < -0.4 is 9.47 Å². The summed E-state index contributed by atoms with van der Waals surface area (Å²) in [5, 5.41) is 9.63. The molecule has 0 heterocycles. The van der Waals surface area contributed by atoms with Crippen LogP contribution in [-0.4, -0.2) is 17.2 Å². The predicted octanol–water partition coefficient (Wildman–Crippen LogP) is 6.22. The number of hydrogen-bond donors (Lipinski definition) is 1. The molecule has 0 bridgehead atoms. The molecule has 0 fully saturated rings. The SMILES string of the molecule is O=C(O)C(Cc1ccc(Oc2ccccc2)cc1)Oc1ccc(-c2ccccc2)cc1. The van der Waals surface area contributed by atoms with Crippen LogP contribution in [0.3, 0.4) is 0 Å². The van der Waals surface area contributed by atoms with E-state index in [0.29, 0.717) is 11.5 Å². The van der Waals surface area contributed by atoms with Gasteiger partial charge in [0.2, 0.25) is 0 Å². The van der Waals surface area contributed by atoms with Crippen molar-refractivity contribution in [2.75, 3.05) is 0 Å². The molecule has 31 heavy (non-hydrogen) atoms. The Kier molecular flexibility index (Phi) is 6.29. The zero-order valence-electron chi connectivity index (χ0n) is 16.8. The quantitative estimate of drug-likeness (QED) is 0.375. The molecule has 0 saturated heterocycles. The van der Waals surface area contributed by atoms with Gasteiger partial charge in [-0.25, -0.2) is 4.79 Å². The highest BCUT2D eigenvalue weighted by molar-refractivity contribution is 5.73. The lowest BCUT2D eigenvalue weighted by Gasteiger charge is -2.16. The smallest absolute Gasteiger partial charge is 0.345 e. The maximum Gasteiger partial charge on any atom is 0.345 e. The molecule has 1 atom stereocenters. The van der Waals surface area contributed by atoms with Crippen LogP contribution in [0.5, 0.6) is 17.2 Å². The van der Waals surface area contributed by atoms with Gasteiger partial charge in [-0.3, -0.25) is 0 Å². The highest BCUT2D eigenvalue weighted by Gasteiger charge is 2.20. The van der Waals surface area contributed by atoms with E-state index in [1.807, 2.05) is 97.1 Å². The fourth-order valence-electron chi connectivity index (χ4n) is 3.23. The van der Waals surface area contributed by atoms with Gasteiger partial charge >= 0.3 is 5.97 Å². The highest BCUT2D eigenvalue weighted by Crippen LogP contribution is 2.24. The van der Waals surface area contributed by atoms with Crippen molar-refractivity contribution in [1.29, 1.82) is 0 Å². The van der Waals surface area contributed by atoms with Crippen molar-refractivity contribution >= 4 is 5.97 Å². The van der Waals surface area contributed by atoms with Gasteiger partial charge in [0, 0.05) is 6.42 Å². The second-order valence-corrected chi connectivity index (χ2v) is 7.10. The number of benzene rings is 4. The van der Waals surface area contributed by atoms with Crippen LogP contribution in [0.4, 0.5) is 0 Å². The molecule has 4 heteroatoms. The average Bonchev–Trinajstić information content (AvgIpc) is 2.81. The molecule has 4 aromatic carbocycles. The topological polar surface area (TPSA) is 55.8 Å². The maximum absolute atomic E-state index is 11.8. The number of hydrogen-bond acceptors (Lipinski definition) is 3. The number of para-hydroxylation sites is 1. The molecule has 1 unspecified atom stereocenters. The molecule has 0 aliphatic heterocycles. The molecule has 0 aliphatic rings. The third-order valence-corrected chi connectivity index (χ3v) is 4.84. The van der Waals surface area contributed by atoms with Crippen LogP contribution in [0.15, 0.2) is 109 Å². The summed E-state index contributed by atoms with van der Waals surface area (Å²) in [6.45, 7) is 0. The lowest BCUT2D eigenvalue weighted by Crippen LogP contribution is -2.29. The minimum Gasteiger partial charge on any atom is -0.478 e. The Labute approximate surface area is 181 Å². The molecular formula is C27H22O4. The second-order valence-electron chi connectivity index (χ2n) is 7.10. The van der Waals surface area contributed by atoms with Crippen molar-refractivity contribution in [1.82, 2.24) is 0 Å². The number of ether oxygens (including phenoxy) is 2. The van der Waals surface area contributed by atoms with Gasteiger partial charge in [0.05, 0.1) is 0 Å². The number of carboxylic acid groups (broad SMARTS) is 1. The Morgan fingerprint density at radius 3 is 1.77 bits per heavy atom. The molecular weight excluding hydrogens is 388 g/mol. The zero-order chi connectivity index (χ0) is 21.5. The molecule has 4 aromatic rings. The van der Waals surface area contributed by atoms with Gasteiger partial charge in [-0.05, 0) is 53.1 Å². The highest BCUT2D eigenvalue weighted by atomic mass is 16.5. The molecule has 4 nitrogen and oxygen atoms in total. The third-order valence-electron chi connectivity index (χ3n) is 4.84. The fraction of sp³-hybridized carbons (Fsp3) is 0.0741. The van der Waals surface area contributed by atoms with Crippen molar-refractivity contribution in [3.05, 3.63) is 115 Å². The summed E-state index contributed by atoms with van der Waals surface area (Å²) in [5.74, 6) is 0.966. The van der Waals surface area contributed by atoms with E-state index in [2.05, 4.69) is 0 Å². The van der Waals surface area contributed by atoms with Crippen molar-refractivity contribution in [2.24, 2.45) is 0 Å². The van der Waals surface area contributed by atoms with Crippen LogP contribution in [-0.2, 0) is 11.2 Å². The van der Waals surface area contributed by atoms with Gasteiger partial charge in [-0.15, -0.1) is 0 Å². The van der Waals surface area contributed by atoms with Crippen molar-refractivity contribution in [3.8, 4) is 28.4 Å². The molecule has 4 rings (SSSR count). The van der Waals surface area contributed by atoms with Crippen LogP contribution in [0, 0.1) is 0 Å². The number of aliphatic carboxylic acids is 1. The lowest BCUT2D eigenvalue weighted by molar-refractivity contribution is -0.145. The maximum atomic E-state index is 11.8. The first-order valence-corrected chi connectivity index (χ1v) is 10.0. The predicted molar refractivity (Wildman–Crippen MR) is 121 cm³/mol. The molecule has 0 saturated carbocycles. The third kappa shape index (κ3) is 5.52. The monoisotopic (exact) mass is 410 g/mol. The van der Waals surface area contributed by atoms with Crippen molar-refractivity contribution < 1.29 is 19.4 Å². The van der Waals surface area contributed by atoms with E-state index in [1.165, 1.54) is 0 Å². The van der Waals surface area contributed by atoms with Crippen molar-refractivity contribution in [2.45, 2.75) is 12.5 Å². The summed E-state index contributed by atoms with van der Waals surface area (Å²) >= 11 is 0. The van der Waals surface area contributed by atoms with E-state index in [0.717, 1.165) is 22.4 Å². The molecule has 0 aliphatic carbocycles. The van der Waals surface area contributed by atoms with E-state index in [-0.39, 0.29) is 6.42 Å². The molecule has 1 N–H and O–H groups in total. The number of rotatable bonds is 8. The van der Waals surface area contributed by atoms with Gasteiger partial charge in [0.15, 0.2) is 6.10 Å². The van der Waals surface area contributed by atoms with Gasteiger partial charge in [0.1, 0.15) is 17.2 Å². The molecule has 0 radical (unpaired) electrons. The summed E-state index contributed by atoms with van der Waals surface area (Å²) in [5.41, 5.74) is 3.00. The first-order valence-electron chi connectivity index (χ1n) is 10.0. The normalized spacial score (nSPS) is 11.5. The van der Waals surface area contributed by atoms with Gasteiger partial charge in [0.25, 0.3) is 0 Å². The van der Waals surface area contributed by atoms with Gasteiger partial charge < -0.3 is 14.6 Å². The zero-order valence-corrected chi connectivity index (χ0v) is 16.8. The summed E-state index contributed by atoms with van der Waals surface area (Å²) < 4.78 is 11.5. The van der Waals surface area contributed by atoms with E-state index in [4.69, 9.17) is 9.47 Å². The standard InChI is InChI=1S/C27H22O4/c28-27(29)26(31-25-17-13-22(14-18-25)21-7-3-1-4-8-21)19-20-11-15-24(16-12-20)30-23-9-5-2-6-10-23/h1-18,26H,19H2,(H,28,29). The van der Waals surface area contributed by atoms with Crippen LogP contribution in [0.25, 0.3) is 11.1 Å². The first-order chi connectivity index (χ1) is 15.2.